The summed E-state index contributed by atoms with van der Waals surface area (Å²) < 4.78 is 7.12. The molecule has 3 atom stereocenters. The molecule has 6 nitrogen and oxygen atoms in total. The zero-order chi connectivity index (χ0) is 16.7. The van der Waals surface area contributed by atoms with E-state index in [9.17, 15) is 9.90 Å². The Kier molecular flexibility index (Phi) is 3.78. The highest BCUT2D eigenvalue weighted by Crippen LogP contribution is 2.29. The number of para-hydroxylation sites is 1. The van der Waals surface area contributed by atoms with Gasteiger partial charge in [-0.1, -0.05) is 12.1 Å². The van der Waals surface area contributed by atoms with E-state index >= 15 is 0 Å². The molecule has 1 aliphatic heterocycles. The summed E-state index contributed by atoms with van der Waals surface area (Å²) in [4.78, 5) is 15.0. The monoisotopic (exact) mass is 327 g/mol. The van der Waals surface area contributed by atoms with Gasteiger partial charge in [-0.2, -0.15) is 0 Å². The van der Waals surface area contributed by atoms with Crippen molar-refractivity contribution in [3.05, 3.63) is 58.4 Å². The summed E-state index contributed by atoms with van der Waals surface area (Å²) in [5.74, 6) is 0.919. The van der Waals surface area contributed by atoms with Gasteiger partial charge in [-0.15, -0.1) is 0 Å². The van der Waals surface area contributed by atoms with Crippen LogP contribution in [0.15, 0.2) is 45.8 Å². The second kappa shape index (κ2) is 5.96. The Morgan fingerprint density at radius 2 is 2.29 bits per heavy atom. The molecule has 3 unspecified atom stereocenters. The van der Waals surface area contributed by atoms with Gasteiger partial charge in [0.05, 0.1) is 23.4 Å². The smallest absolute Gasteiger partial charge is 0.326 e. The lowest BCUT2D eigenvalue weighted by atomic mass is 9.98. The number of rotatable bonds is 4. The quantitative estimate of drug-likeness (QED) is 0.684. The van der Waals surface area contributed by atoms with Gasteiger partial charge in [-0.05, 0) is 31.5 Å². The molecule has 0 saturated carbocycles. The van der Waals surface area contributed by atoms with Crippen LogP contribution in [0.4, 0.5) is 0 Å². The number of furan rings is 1. The molecular weight excluding hydrogens is 306 g/mol. The second-order valence-electron chi connectivity index (χ2n) is 6.52. The van der Waals surface area contributed by atoms with Crippen LogP contribution >= 0.6 is 0 Å². The van der Waals surface area contributed by atoms with Crippen LogP contribution in [-0.4, -0.2) is 26.7 Å². The van der Waals surface area contributed by atoms with Crippen LogP contribution in [-0.2, 0) is 13.0 Å². The second-order valence-corrected chi connectivity index (χ2v) is 6.52. The standard InChI is InChI=1S/C18H21N3O3/c1-11(10-12-4-3-9-24-12)19-15-7-8-21-16-13(17(15)22)5-2-6-14(16)20-18(21)23/h2-6,9,11,15,17,19,22H,7-8,10H2,1H3,(H,20,23). The van der Waals surface area contributed by atoms with Gasteiger partial charge in [0.1, 0.15) is 5.76 Å². The molecule has 0 fully saturated rings. The van der Waals surface area contributed by atoms with Gasteiger partial charge in [-0.25, -0.2) is 4.79 Å². The van der Waals surface area contributed by atoms with Crippen molar-refractivity contribution in [1.29, 1.82) is 0 Å². The molecule has 3 N–H and O–H groups in total. The average Bonchev–Trinajstić information content (AvgIpc) is 3.14. The van der Waals surface area contributed by atoms with Crippen molar-refractivity contribution in [2.24, 2.45) is 0 Å². The number of aliphatic hydroxyl groups excluding tert-OH is 1. The molecule has 4 rings (SSSR count). The molecule has 0 aliphatic carbocycles. The molecule has 0 spiro atoms. The van der Waals surface area contributed by atoms with E-state index < -0.39 is 6.10 Å². The molecule has 126 valence electrons. The van der Waals surface area contributed by atoms with Gasteiger partial charge in [0.2, 0.25) is 0 Å². The number of aliphatic hydroxyl groups is 1. The first kappa shape index (κ1) is 15.2. The van der Waals surface area contributed by atoms with Crippen LogP contribution in [0, 0.1) is 0 Å². The molecule has 1 aliphatic rings. The van der Waals surface area contributed by atoms with Gasteiger partial charge < -0.3 is 19.8 Å². The van der Waals surface area contributed by atoms with Crippen LogP contribution in [0.1, 0.15) is 30.8 Å². The SMILES string of the molecule is CC(Cc1ccco1)NC1CCn2c(=O)[nH]c3cccc(c32)C1O. The molecule has 3 heterocycles. The van der Waals surface area contributed by atoms with Crippen LogP contribution in [0.3, 0.4) is 0 Å². The number of aromatic nitrogens is 2. The minimum absolute atomic E-state index is 0.111. The van der Waals surface area contributed by atoms with E-state index in [-0.39, 0.29) is 17.8 Å². The maximum Gasteiger partial charge on any atom is 0.326 e. The zero-order valence-corrected chi connectivity index (χ0v) is 13.5. The highest BCUT2D eigenvalue weighted by molar-refractivity contribution is 5.79. The summed E-state index contributed by atoms with van der Waals surface area (Å²) >= 11 is 0. The van der Waals surface area contributed by atoms with Crippen molar-refractivity contribution >= 4 is 11.0 Å². The number of H-pyrrole nitrogens is 1. The molecule has 1 aromatic carbocycles. The lowest BCUT2D eigenvalue weighted by Crippen LogP contribution is -2.41. The maximum absolute atomic E-state index is 12.1. The fourth-order valence-electron chi connectivity index (χ4n) is 3.67. The number of hydrogen-bond donors (Lipinski definition) is 3. The average molecular weight is 327 g/mol. The fraction of sp³-hybridized carbons (Fsp3) is 0.389. The van der Waals surface area contributed by atoms with E-state index in [2.05, 4.69) is 17.2 Å². The molecule has 0 radical (unpaired) electrons. The van der Waals surface area contributed by atoms with Crippen LogP contribution in [0.2, 0.25) is 0 Å². The van der Waals surface area contributed by atoms with Crippen molar-refractivity contribution in [3.63, 3.8) is 0 Å². The first-order valence-electron chi connectivity index (χ1n) is 8.31. The van der Waals surface area contributed by atoms with Gasteiger partial charge in [0.25, 0.3) is 0 Å². The molecule has 3 aromatic rings. The molecule has 6 heteroatoms. The lowest BCUT2D eigenvalue weighted by molar-refractivity contribution is 0.119. The number of nitrogens with zero attached hydrogens (tertiary/aromatic N) is 1. The lowest BCUT2D eigenvalue weighted by Gasteiger charge is -2.26. The van der Waals surface area contributed by atoms with Crippen molar-refractivity contribution < 1.29 is 9.52 Å². The predicted molar refractivity (Wildman–Crippen MR) is 90.9 cm³/mol. The first-order valence-corrected chi connectivity index (χ1v) is 8.31. The molecule has 24 heavy (non-hydrogen) atoms. The molecule has 0 amide bonds. The van der Waals surface area contributed by atoms with Crippen molar-refractivity contribution in [1.82, 2.24) is 14.9 Å². The topological polar surface area (TPSA) is 83.2 Å². The van der Waals surface area contributed by atoms with E-state index in [0.29, 0.717) is 13.0 Å². The van der Waals surface area contributed by atoms with Crippen LogP contribution < -0.4 is 11.0 Å². The van der Waals surface area contributed by atoms with Gasteiger partial charge in [-0.3, -0.25) is 4.57 Å². The Morgan fingerprint density at radius 1 is 1.42 bits per heavy atom. The third kappa shape index (κ3) is 2.57. The van der Waals surface area contributed by atoms with Gasteiger partial charge in [0, 0.05) is 30.6 Å². The summed E-state index contributed by atoms with van der Waals surface area (Å²) in [6, 6.07) is 9.52. The predicted octanol–water partition coefficient (Wildman–Crippen LogP) is 1.95. The Morgan fingerprint density at radius 3 is 3.08 bits per heavy atom. The highest BCUT2D eigenvalue weighted by atomic mass is 16.3. The summed E-state index contributed by atoms with van der Waals surface area (Å²) in [6.07, 6.45) is 2.46. The third-order valence-corrected chi connectivity index (χ3v) is 4.77. The van der Waals surface area contributed by atoms with Gasteiger partial charge in [0.15, 0.2) is 0 Å². The molecule has 0 bridgehead atoms. The van der Waals surface area contributed by atoms with Crippen LogP contribution in [0.25, 0.3) is 11.0 Å². The van der Waals surface area contributed by atoms with Gasteiger partial charge >= 0.3 is 5.69 Å². The van der Waals surface area contributed by atoms with Crippen molar-refractivity contribution in [2.45, 2.75) is 44.5 Å². The summed E-state index contributed by atoms with van der Waals surface area (Å²) in [5.41, 5.74) is 2.28. The van der Waals surface area contributed by atoms with Crippen molar-refractivity contribution in [3.8, 4) is 0 Å². The van der Waals surface area contributed by atoms with Crippen LogP contribution in [0.5, 0.6) is 0 Å². The van der Waals surface area contributed by atoms with E-state index in [4.69, 9.17) is 4.42 Å². The summed E-state index contributed by atoms with van der Waals surface area (Å²) in [7, 11) is 0. The normalized spacial score (nSPS) is 21.8. The Bertz CT molecular complexity index is 894. The van der Waals surface area contributed by atoms with E-state index in [1.165, 1.54) is 0 Å². The molecule has 0 saturated heterocycles. The number of nitrogens with one attached hydrogen (secondary N) is 2. The number of benzene rings is 1. The summed E-state index contributed by atoms with van der Waals surface area (Å²) in [6.45, 7) is 2.66. The first-order chi connectivity index (χ1) is 11.6. The Balaban J connectivity index is 1.60. The molecule has 2 aromatic heterocycles. The van der Waals surface area contributed by atoms with E-state index in [0.717, 1.165) is 28.8 Å². The minimum Gasteiger partial charge on any atom is -0.469 e. The summed E-state index contributed by atoms with van der Waals surface area (Å²) in [5, 5.41) is 14.4. The number of imidazole rings is 1. The number of aryl methyl sites for hydroxylation is 1. The Hall–Kier alpha value is -2.31. The Labute approximate surface area is 139 Å². The fourth-order valence-corrected chi connectivity index (χ4v) is 3.67. The molecular formula is C18H21N3O3. The van der Waals surface area contributed by atoms with E-state index in [1.54, 1.807) is 10.8 Å². The minimum atomic E-state index is -0.656. The van der Waals surface area contributed by atoms with E-state index in [1.807, 2.05) is 30.3 Å². The largest absolute Gasteiger partial charge is 0.469 e. The maximum atomic E-state index is 12.1. The number of aromatic amines is 1. The van der Waals surface area contributed by atoms with Crippen molar-refractivity contribution in [2.75, 3.05) is 0 Å². The third-order valence-electron chi connectivity index (χ3n) is 4.77. The highest BCUT2D eigenvalue weighted by Gasteiger charge is 2.29. The number of hydrogen-bond acceptors (Lipinski definition) is 4. The zero-order valence-electron chi connectivity index (χ0n) is 13.5.